The predicted molar refractivity (Wildman–Crippen MR) is 75.2 cm³/mol. The standard InChI is InChI=1S/C14H20ClNO3/c1-8(2)12-9(11(17)7-16)6-10(15)13-14(12)19-5-3-4-18-13/h6,8,11,17H,3-5,7,16H2,1-2H3. The highest BCUT2D eigenvalue weighted by atomic mass is 35.5. The van der Waals surface area contributed by atoms with Gasteiger partial charge < -0.3 is 20.3 Å². The molecule has 5 heteroatoms. The number of halogens is 1. The van der Waals surface area contributed by atoms with Crippen molar-refractivity contribution in [2.75, 3.05) is 19.8 Å². The number of hydrogen-bond acceptors (Lipinski definition) is 4. The van der Waals surface area contributed by atoms with Gasteiger partial charge in [-0.3, -0.25) is 0 Å². The van der Waals surface area contributed by atoms with Gasteiger partial charge in [-0.15, -0.1) is 0 Å². The summed E-state index contributed by atoms with van der Waals surface area (Å²) in [5, 5.41) is 10.5. The molecule has 0 saturated carbocycles. The lowest BCUT2D eigenvalue weighted by atomic mass is 9.92. The van der Waals surface area contributed by atoms with Crippen molar-refractivity contribution < 1.29 is 14.6 Å². The molecular formula is C14H20ClNO3. The molecule has 1 aliphatic rings. The van der Waals surface area contributed by atoms with Crippen LogP contribution in [-0.4, -0.2) is 24.9 Å². The molecule has 0 spiro atoms. The van der Waals surface area contributed by atoms with Crippen LogP contribution in [0.25, 0.3) is 0 Å². The Morgan fingerprint density at radius 3 is 2.53 bits per heavy atom. The van der Waals surface area contributed by atoms with Crippen LogP contribution in [0.4, 0.5) is 0 Å². The first-order valence-electron chi connectivity index (χ1n) is 6.56. The van der Waals surface area contributed by atoms with Crippen LogP contribution >= 0.6 is 11.6 Å². The Labute approximate surface area is 118 Å². The third-order valence-electron chi connectivity index (χ3n) is 3.20. The van der Waals surface area contributed by atoms with Crippen molar-refractivity contribution in [2.45, 2.75) is 32.3 Å². The molecule has 1 atom stereocenters. The summed E-state index contributed by atoms with van der Waals surface area (Å²) >= 11 is 6.24. The Morgan fingerprint density at radius 1 is 1.32 bits per heavy atom. The summed E-state index contributed by atoms with van der Waals surface area (Å²) in [6.07, 6.45) is 0.0733. The molecule has 0 bridgehead atoms. The molecule has 0 saturated heterocycles. The maximum absolute atomic E-state index is 10.1. The first-order valence-corrected chi connectivity index (χ1v) is 6.94. The van der Waals surface area contributed by atoms with Crippen molar-refractivity contribution in [2.24, 2.45) is 5.73 Å². The van der Waals surface area contributed by atoms with Crippen molar-refractivity contribution in [3.63, 3.8) is 0 Å². The predicted octanol–water partition coefficient (Wildman–Crippen LogP) is 2.62. The van der Waals surface area contributed by atoms with E-state index in [-0.39, 0.29) is 12.5 Å². The van der Waals surface area contributed by atoms with Gasteiger partial charge in [-0.2, -0.15) is 0 Å². The van der Waals surface area contributed by atoms with E-state index in [0.717, 1.165) is 17.5 Å². The van der Waals surface area contributed by atoms with E-state index in [1.165, 1.54) is 0 Å². The lowest BCUT2D eigenvalue weighted by Gasteiger charge is -2.22. The highest BCUT2D eigenvalue weighted by Crippen LogP contribution is 2.46. The number of aliphatic hydroxyl groups is 1. The lowest BCUT2D eigenvalue weighted by molar-refractivity contribution is 0.184. The average molecular weight is 286 g/mol. The zero-order valence-electron chi connectivity index (χ0n) is 11.3. The minimum atomic E-state index is -0.743. The van der Waals surface area contributed by atoms with Crippen molar-refractivity contribution >= 4 is 11.6 Å². The summed E-state index contributed by atoms with van der Waals surface area (Å²) in [5.74, 6) is 1.42. The number of aliphatic hydroxyl groups excluding tert-OH is 1. The van der Waals surface area contributed by atoms with E-state index in [1.54, 1.807) is 6.07 Å². The van der Waals surface area contributed by atoms with Gasteiger partial charge in [-0.25, -0.2) is 0 Å². The van der Waals surface area contributed by atoms with E-state index < -0.39 is 6.10 Å². The van der Waals surface area contributed by atoms with Gasteiger partial charge in [0, 0.05) is 18.5 Å². The third-order valence-corrected chi connectivity index (χ3v) is 3.48. The Hall–Kier alpha value is -0.970. The number of ether oxygens (including phenoxy) is 2. The van der Waals surface area contributed by atoms with Gasteiger partial charge in [0.05, 0.1) is 24.3 Å². The molecule has 0 radical (unpaired) electrons. The molecule has 0 amide bonds. The summed E-state index contributed by atoms with van der Waals surface area (Å²) in [6.45, 7) is 5.42. The Balaban J connectivity index is 2.63. The number of nitrogens with two attached hydrogens (primary N) is 1. The Kier molecular flexibility index (Phi) is 4.55. The second kappa shape index (κ2) is 5.99. The fourth-order valence-electron chi connectivity index (χ4n) is 2.33. The molecule has 0 fully saturated rings. The second-order valence-corrected chi connectivity index (χ2v) is 5.38. The number of rotatable bonds is 3. The van der Waals surface area contributed by atoms with Crippen molar-refractivity contribution in [3.8, 4) is 11.5 Å². The zero-order chi connectivity index (χ0) is 14.0. The van der Waals surface area contributed by atoms with Crippen LogP contribution in [0.1, 0.15) is 43.4 Å². The van der Waals surface area contributed by atoms with Crippen molar-refractivity contribution in [3.05, 3.63) is 22.2 Å². The van der Waals surface area contributed by atoms with Crippen molar-refractivity contribution in [1.82, 2.24) is 0 Å². The van der Waals surface area contributed by atoms with Gasteiger partial charge in [-0.05, 0) is 17.5 Å². The van der Waals surface area contributed by atoms with Gasteiger partial charge in [0.25, 0.3) is 0 Å². The minimum absolute atomic E-state index is 0.149. The summed E-state index contributed by atoms with van der Waals surface area (Å²) in [7, 11) is 0. The largest absolute Gasteiger partial charge is 0.489 e. The molecule has 0 aromatic heterocycles. The molecule has 1 aromatic carbocycles. The quantitative estimate of drug-likeness (QED) is 0.896. The van der Waals surface area contributed by atoms with E-state index in [4.69, 9.17) is 26.8 Å². The number of benzene rings is 1. The van der Waals surface area contributed by atoms with Gasteiger partial charge >= 0.3 is 0 Å². The van der Waals surface area contributed by atoms with E-state index in [1.807, 2.05) is 13.8 Å². The molecule has 2 rings (SSSR count). The molecule has 3 N–H and O–H groups in total. The highest BCUT2D eigenvalue weighted by Gasteiger charge is 2.26. The molecule has 1 aliphatic heterocycles. The molecule has 1 unspecified atom stereocenters. The number of hydrogen-bond donors (Lipinski definition) is 2. The summed E-state index contributed by atoms with van der Waals surface area (Å²) in [5.41, 5.74) is 7.22. The van der Waals surface area contributed by atoms with E-state index in [0.29, 0.717) is 29.7 Å². The van der Waals surface area contributed by atoms with E-state index >= 15 is 0 Å². The topological polar surface area (TPSA) is 64.7 Å². The monoisotopic (exact) mass is 285 g/mol. The lowest BCUT2D eigenvalue weighted by Crippen LogP contribution is -2.15. The zero-order valence-corrected chi connectivity index (χ0v) is 12.0. The SMILES string of the molecule is CC(C)c1c(C(O)CN)cc(Cl)c2c1OCCCO2. The highest BCUT2D eigenvalue weighted by molar-refractivity contribution is 6.32. The van der Waals surface area contributed by atoms with Gasteiger partial charge in [-0.1, -0.05) is 25.4 Å². The molecule has 1 aromatic rings. The summed E-state index contributed by atoms with van der Waals surface area (Å²) in [6, 6.07) is 1.74. The number of fused-ring (bicyclic) bond motifs is 1. The molecule has 106 valence electrons. The molecule has 19 heavy (non-hydrogen) atoms. The van der Waals surface area contributed by atoms with Gasteiger partial charge in [0.1, 0.15) is 0 Å². The van der Waals surface area contributed by atoms with Crippen LogP contribution in [0.3, 0.4) is 0 Å². The smallest absolute Gasteiger partial charge is 0.180 e. The van der Waals surface area contributed by atoms with Crippen LogP contribution in [-0.2, 0) is 0 Å². The minimum Gasteiger partial charge on any atom is -0.489 e. The van der Waals surface area contributed by atoms with Gasteiger partial charge in [0.15, 0.2) is 11.5 Å². The summed E-state index contributed by atoms with van der Waals surface area (Å²) in [4.78, 5) is 0. The fourth-order valence-corrected chi connectivity index (χ4v) is 2.58. The average Bonchev–Trinajstić information content (AvgIpc) is 2.63. The maximum atomic E-state index is 10.1. The summed E-state index contributed by atoms with van der Waals surface area (Å²) < 4.78 is 11.5. The molecule has 0 aliphatic carbocycles. The third kappa shape index (κ3) is 2.81. The molecule has 1 heterocycles. The van der Waals surface area contributed by atoms with Crippen LogP contribution in [0.15, 0.2) is 6.07 Å². The maximum Gasteiger partial charge on any atom is 0.180 e. The first-order chi connectivity index (χ1) is 9.06. The van der Waals surface area contributed by atoms with Crippen LogP contribution in [0.2, 0.25) is 5.02 Å². The normalized spacial score (nSPS) is 16.3. The Bertz CT molecular complexity index is 462. The molecule has 4 nitrogen and oxygen atoms in total. The van der Waals surface area contributed by atoms with Crippen LogP contribution in [0, 0.1) is 0 Å². The van der Waals surface area contributed by atoms with E-state index in [2.05, 4.69) is 0 Å². The molecular weight excluding hydrogens is 266 g/mol. The van der Waals surface area contributed by atoms with Crippen LogP contribution < -0.4 is 15.2 Å². The van der Waals surface area contributed by atoms with Crippen LogP contribution in [0.5, 0.6) is 11.5 Å². The fraction of sp³-hybridized carbons (Fsp3) is 0.571. The van der Waals surface area contributed by atoms with Gasteiger partial charge in [0.2, 0.25) is 0 Å². The second-order valence-electron chi connectivity index (χ2n) is 4.98. The van der Waals surface area contributed by atoms with E-state index in [9.17, 15) is 5.11 Å². The van der Waals surface area contributed by atoms with Crippen molar-refractivity contribution in [1.29, 1.82) is 0 Å². The first kappa shape index (κ1) is 14.4. The Morgan fingerprint density at radius 2 is 1.95 bits per heavy atom.